The minimum atomic E-state index is -0.283. The van der Waals surface area contributed by atoms with E-state index in [0.29, 0.717) is 23.3 Å². The minimum Gasteiger partial charge on any atom is -0.437 e. The van der Waals surface area contributed by atoms with Gasteiger partial charge in [0.15, 0.2) is 0 Å². The number of rotatable bonds is 10. The molecule has 2 N–H and O–H groups in total. The smallest absolute Gasteiger partial charge is 0.247 e. The van der Waals surface area contributed by atoms with Gasteiger partial charge >= 0.3 is 0 Å². The molecule has 1 amide bonds. The van der Waals surface area contributed by atoms with Crippen molar-refractivity contribution in [2.24, 2.45) is 0 Å². The second-order valence-electron chi connectivity index (χ2n) is 7.59. The number of benzene rings is 2. The van der Waals surface area contributed by atoms with Crippen LogP contribution in [-0.4, -0.2) is 33.9 Å². The maximum atomic E-state index is 11.6. The molecule has 0 aliphatic rings. The Labute approximate surface area is 203 Å². The molecule has 0 fully saturated rings. The fourth-order valence-corrected chi connectivity index (χ4v) is 4.19. The lowest BCUT2D eigenvalue weighted by Crippen LogP contribution is -2.21. The van der Waals surface area contributed by atoms with Crippen LogP contribution in [0.5, 0.6) is 11.6 Å². The van der Waals surface area contributed by atoms with Crippen LogP contribution in [0.2, 0.25) is 0 Å². The van der Waals surface area contributed by atoms with Crippen LogP contribution in [0.15, 0.2) is 72.6 Å². The Kier molecular flexibility index (Phi) is 7.51. The number of carbonyl (C=O) groups is 1. The largest absolute Gasteiger partial charge is 0.437 e. The fourth-order valence-electron chi connectivity index (χ4n) is 3.43. The molecule has 0 aliphatic carbocycles. The van der Waals surface area contributed by atoms with Gasteiger partial charge in [0.25, 0.3) is 0 Å². The van der Waals surface area contributed by atoms with Gasteiger partial charge < -0.3 is 15.4 Å². The van der Waals surface area contributed by atoms with Crippen molar-refractivity contribution < 1.29 is 9.53 Å². The standard InChI is InChI=1S/C26H27N5O2S/c1-4-23(32)27-20-8-7-9-21(16-20)33-25-24-22(14-15-34-24)29-26(30-25)28-19-12-10-18(11-13-19)17-31(5-2)6-3/h4,7-16H,1,5-6,17H2,2-3H3,(H,27,32)(H,28,29,30). The maximum absolute atomic E-state index is 11.6. The Morgan fingerprint density at radius 3 is 2.62 bits per heavy atom. The number of nitrogens with one attached hydrogen (secondary N) is 2. The van der Waals surface area contributed by atoms with Crippen molar-refractivity contribution in [3.63, 3.8) is 0 Å². The summed E-state index contributed by atoms with van der Waals surface area (Å²) in [5, 5.41) is 7.98. The van der Waals surface area contributed by atoms with Gasteiger partial charge in [0, 0.05) is 24.0 Å². The van der Waals surface area contributed by atoms with Crippen LogP contribution < -0.4 is 15.4 Å². The summed E-state index contributed by atoms with van der Waals surface area (Å²) in [5.74, 6) is 1.18. The molecule has 2 aromatic carbocycles. The quantitative estimate of drug-likeness (QED) is 0.267. The van der Waals surface area contributed by atoms with Gasteiger partial charge in [-0.05, 0) is 60.4 Å². The third kappa shape index (κ3) is 5.78. The zero-order valence-corrected chi connectivity index (χ0v) is 20.1. The van der Waals surface area contributed by atoms with Gasteiger partial charge in [-0.2, -0.15) is 4.98 Å². The lowest BCUT2D eigenvalue weighted by molar-refractivity contribution is -0.111. The number of aromatic nitrogens is 2. The second-order valence-corrected chi connectivity index (χ2v) is 8.51. The molecule has 4 rings (SSSR count). The van der Waals surface area contributed by atoms with Gasteiger partial charge in [-0.3, -0.25) is 9.69 Å². The Hall–Kier alpha value is -3.75. The molecule has 0 atom stereocenters. The van der Waals surface area contributed by atoms with Crippen LogP contribution in [0.1, 0.15) is 19.4 Å². The van der Waals surface area contributed by atoms with Crippen LogP contribution in [0.4, 0.5) is 17.3 Å². The highest BCUT2D eigenvalue weighted by molar-refractivity contribution is 7.17. The summed E-state index contributed by atoms with van der Waals surface area (Å²) in [7, 11) is 0. The number of fused-ring (bicyclic) bond motifs is 1. The molecule has 0 aliphatic heterocycles. The lowest BCUT2D eigenvalue weighted by atomic mass is 10.2. The highest BCUT2D eigenvalue weighted by atomic mass is 32.1. The molecule has 0 saturated carbocycles. The first-order chi connectivity index (χ1) is 16.6. The lowest BCUT2D eigenvalue weighted by Gasteiger charge is -2.18. The minimum absolute atomic E-state index is 0.283. The summed E-state index contributed by atoms with van der Waals surface area (Å²) < 4.78 is 6.96. The molecule has 0 bridgehead atoms. The second kappa shape index (κ2) is 10.9. The first-order valence-electron chi connectivity index (χ1n) is 11.1. The third-order valence-electron chi connectivity index (χ3n) is 5.28. The zero-order valence-electron chi connectivity index (χ0n) is 19.2. The summed E-state index contributed by atoms with van der Waals surface area (Å²) in [6.07, 6.45) is 1.22. The Morgan fingerprint density at radius 1 is 1.09 bits per heavy atom. The van der Waals surface area contributed by atoms with Crippen LogP contribution in [0.25, 0.3) is 10.2 Å². The Morgan fingerprint density at radius 2 is 1.88 bits per heavy atom. The molecule has 174 valence electrons. The van der Waals surface area contributed by atoms with Crippen molar-refractivity contribution in [3.05, 3.63) is 78.2 Å². The molecular formula is C26H27N5O2S. The summed E-state index contributed by atoms with van der Waals surface area (Å²) in [5.41, 5.74) is 3.57. The fraction of sp³-hybridized carbons (Fsp3) is 0.192. The summed E-state index contributed by atoms with van der Waals surface area (Å²) in [6, 6.07) is 17.4. The normalized spacial score (nSPS) is 10.9. The van der Waals surface area contributed by atoms with Crippen molar-refractivity contribution in [2.45, 2.75) is 20.4 Å². The number of amides is 1. The molecule has 7 nitrogen and oxygen atoms in total. The number of hydrogen-bond donors (Lipinski definition) is 2. The van der Waals surface area contributed by atoms with Crippen molar-refractivity contribution in [1.82, 2.24) is 14.9 Å². The van der Waals surface area contributed by atoms with Gasteiger partial charge in [-0.1, -0.05) is 38.6 Å². The van der Waals surface area contributed by atoms with E-state index in [1.54, 1.807) is 18.2 Å². The average Bonchev–Trinajstić information content (AvgIpc) is 3.33. The number of anilines is 3. The van der Waals surface area contributed by atoms with Crippen molar-refractivity contribution >= 4 is 44.8 Å². The molecule has 34 heavy (non-hydrogen) atoms. The maximum Gasteiger partial charge on any atom is 0.247 e. The van der Waals surface area contributed by atoms with Crippen molar-refractivity contribution in [3.8, 4) is 11.6 Å². The predicted molar refractivity (Wildman–Crippen MR) is 139 cm³/mol. The Balaban J connectivity index is 1.54. The van der Waals surface area contributed by atoms with Crippen LogP contribution in [0, 0.1) is 0 Å². The molecule has 0 saturated heterocycles. The Bertz CT molecular complexity index is 1280. The summed E-state index contributed by atoms with van der Waals surface area (Å²) >= 11 is 1.51. The van der Waals surface area contributed by atoms with Crippen LogP contribution in [0.3, 0.4) is 0 Å². The summed E-state index contributed by atoms with van der Waals surface area (Å²) in [4.78, 5) is 23.2. The number of nitrogens with zero attached hydrogens (tertiary/aromatic N) is 3. The molecule has 0 radical (unpaired) electrons. The van der Waals surface area contributed by atoms with Gasteiger partial charge in [0.2, 0.25) is 17.7 Å². The van der Waals surface area contributed by atoms with Crippen molar-refractivity contribution in [1.29, 1.82) is 0 Å². The SMILES string of the molecule is C=CC(=O)Nc1cccc(Oc2nc(Nc3ccc(CN(CC)CC)cc3)nc3ccsc23)c1. The van der Waals surface area contributed by atoms with Crippen molar-refractivity contribution in [2.75, 3.05) is 23.7 Å². The van der Waals surface area contributed by atoms with Gasteiger partial charge in [0.05, 0.1) is 5.52 Å². The molecule has 0 spiro atoms. The van der Waals surface area contributed by atoms with E-state index >= 15 is 0 Å². The number of carbonyl (C=O) groups excluding carboxylic acids is 1. The molecule has 2 heterocycles. The van der Waals surface area contributed by atoms with Gasteiger partial charge in [-0.25, -0.2) is 4.98 Å². The number of hydrogen-bond acceptors (Lipinski definition) is 7. The van der Waals surface area contributed by atoms with Gasteiger partial charge in [-0.15, -0.1) is 11.3 Å². The molecule has 0 unspecified atom stereocenters. The topological polar surface area (TPSA) is 79.4 Å². The van der Waals surface area contributed by atoms with Crippen LogP contribution in [-0.2, 0) is 11.3 Å². The monoisotopic (exact) mass is 473 g/mol. The molecular weight excluding hydrogens is 446 g/mol. The summed E-state index contributed by atoms with van der Waals surface area (Å²) in [6.45, 7) is 10.8. The predicted octanol–water partition coefficient (Wildman–Crippen LogP) is 6.19. The van der Waals surface area contributed by atoms with E-state index in [-0.39, 0.29) is 5.91 Å². The third-order valence-corrected chi connectivity index (χ3v) is 6.18. The molecule has 2 aromatic heterocycles. The van der Waals surface area contributed by atoms with Crippen LogP contribution >= 0.6 is 11.3 Å². The number of thiophene rings is 1. The highest BCUT2D eigenvalue weighted by Crippen LogP contribution is 2.33. The molecule has 8 heteroatoms. The van der Waals surface area contributed by atoms with E-state index in [4.69, 9.17) is 4.74 Å². The molecule has 4 aromatic rings. The van der Waals surface area contributed by atoms with E-state index in [0.717, 1.165) is 35.5 Å². The average molecular weight is 474 g/mol. The van der Waals surface area contributed by atoms with E-state index < -0.39 is 0 Å². The zero-order chi connectivity index (χ0) is 23.9. The van der Waals surface area contributed by atoms with E-state index in [9.17, 15) is 4.79 Å². The first kappa shape index (κ1) is 23.4. The number of ether oxygens (including phenoxy) is 1. The highest BCUT2D eigenvalue weighted by Gasteiger charge is 2.12. The van der Waals surface area contributed by atoms with Gasteiger partial charge in [0.1, 0.15) is 10.4 Å². The van der Waals surface area contributed by atoms with E-state index in [1.165, 1.54) is 23.0 Å². The first-order valence-corrected chi connectivity index (χ1v) is 12.0. The van der Waals surface area contributed by atoms with E-state index in [1.807, 2.05) is 29.6 Å². The van der Waals surface area contributed by atoms with E-state index in [2.05, 4.69) is 58.1 Å².